The van der Waals surface area contributed by atoms with Crippen LogP contribution in [0.4, 0.5) is 13.2 Å². The van der Waals surface area contributed by atoms with Crippen LogP contribution in [0.1, 0.15) is 17.0 Å². The molecule has 108 valence electrons. The SMILES string of the molecule is FC(F)(F)c1ccccc1Cc1nnc2c(Cl)cccn12. The van der Waals surface area contributed by atoms with Crippen molar-refractivity contribution in [3.63, 3.8) is 0 Å². The summed E-state index contributed by atoms with van der Waals surface area (Å²) >= 11 is 5.97. The molecule has 1 aromatic carbocycles. The molecule has 0 aliphatic heterocycles. The first kappa shape index (κ1) is 13.9. The summed E-state index contributed by atoms with van der Waals surface area (Å²) in [5.41, 5.74) is -0.0817. The van der Waals surface area contributed by atoms with Crippen LogP contribution in [0.2, 0.25) is 5.02 Å². The van der Waals surface area contributed by atoms with Crippen molar-refractivity contribution >= 4 is 17.2 Å². The lowest BCUT2D eigenvalue weighted by atomic mass is 10.0. The highest BCUT2D eigenvalue weighted by atomic mass is 35.5. The third kappa shape index (κ3) is 2.58. The topological polar surface area (TPSA) is 30.2 Å². The molecule has 2 heterocycles. The molecule has 0 fully saturated rings. The molecule has 7 heteroatoms. The van der Waals surface area contributed by atoms with Crippen molar-refractivity contribution in [3.05, 3.63) is 64.6 Å². The Morgan fingerprint density at radius 2 is 1.81 bits per heavy atom. The van der Waals surface area contributed by atoms with Crippen molar-refractivity contribution in [2.24, 2.45) is 0 Å². The molecular formula is C14H9ClF3N3. The lowest BCUT2D eigenvalue weighted by molar-refractivity contribution is -0.138. The van der Waals surface area contributed by atoms with E-state index < -0.39 is 11.7 Å². The second-order valence-electron chi connectivity index (χ2n) is 4.50. The molecule has 0 unspecified atom stereocenters. The first-order chi connectivity index (χ1) is 9.97. The number of nitrogens with zero attached hydrogens (tertiary/aromatic N) is 3. The Morgan fingerprint density at radius 1 is 1.05 bits per heavy atom. The van der Waals surface area contributed by atoms with Gasteiger partial charge in [-0.1, -0.05) is 29.8 Å². The highest BCUT2D eigenvalue weighted by Crippen LogP contribution is 2.32. The fourth-order valence-electron chi connectivity index (χ4n) is 2.17. The van der Waals surface area contributed by atoms with Crippen molar-refractivity contribution < 1.29 is 13.2 Å². The average molecular weight is 312 g/mol. The van der Waals surface area contributed by atoms with Gasteiger partial charge in [-0.3, -0.25) is 4.40 Å². The van der Waals surface area contributed by atoms with Crippen LogP contribution in [0.25, 0.3) is 5.65 Å². The van der Waals surface area contributed by atoms with E-state index in [4.69, 9.17) is 11.6 Å². The van der Waals surface area contributed by atoms with Crippen molar-refractivity contribution in [1.82, 2.24) is 14.6 Å². The average Bonchev–Trinajstić information content (AvgIpc) is 2.83. The summed E-state index contributed by atoms with van der Waals surface area (Å²) in [4.78, 5) is 0. The molecule has 0 amide bonds. The van der Waals surface area contributed by atoms with Crippen LogP contribution >= 0.6 is 11.6 Å². The number of hydrogen-bond donors (Lipinski definition) is 0. The zero-order valence-corrected chi connectivity index (χ0v) is 11.4. The number of aromatic nitrogens is 3. The van der Waals surface area contributed by atoms with Crippen molar-refractivity contribution in [3.8, 4) is 0 Å². The monoisotopic (exact) mass is 311 g/mol. The van der Waals surface area contributed by atoms with Gasteiger partial charge in [-0.2, -0.15) is 13.2 Å². The summed E-state index contributed by atoms with van der Waals surface area (Å²) in [6.07, 6.45) is -2.70. The van der Waals surface area contributed by atoms with Gasteiger partial charge in [-0.05, 0) is 23.8 Å². The van der Waals surface area contributed by atoms with Gasteiger partial charge in [0.25, 0.3) is 0 Å². The molecule has 3 rings (SSSR count). The van der Waals surface area contributed by atoms with E-state index in [1.807, 2.05) is 0 Å². The third-order valence-corrected chi connectivity index (χ3v) is 3.42. The third-order valence-electron chi connectivity index (χ3n) is 3.13. The van der Waals surface area contributed by atoms with Crippen molar-refractivity contribution in [1.29, 1.82) is 0 Å². The van der Waals surface area contributed by atoms with Crippen LogP contribution in [0.3, 0.4) is 0 Å². The van der Waals surface area contributed by atoms with Crippen LogP contribution in [0.5, 0.6) is 0 Å². The van der Waals surface area contributed by atoms with E-state index in [1.54, 1.807) is 28.8 Å². The van der Waals surface area contributed by atoms with Gasteiger partial charge >= 0.3 is 6.18 Å². The van der Waals surface area contributed by atoms with Crippen LogP contribution < -0.4 is 0 Å². The normalized spacial score (nSPS) is 12.0. The minimum Gasteiger partial charge on any atom is -0.285 e. The molecule has 3 nitrogen and oxygen atoms in total. The lowest BCUT2D eigenvalue weighted by Gasteiger charge is -2.11. The van der Waals surface area contributed by atoms with Crippen LogP contribution in [-0.2, 0) is 12.6 Å². The maximum atomic E-state index is 13.0. The first-order valence-electron chi connectivity index (χ1n) is 6.10. The fraction of sp³-hybridized carbons (Fsp3) is 0.143. The highest BCUT2D eigenvalue weighted by Gasteiger charge is 2.33. The number of rotatable bonds is 2. The molecule has 21 heavy (non-hydrogen) atoms. The van der Waals surface area contributed by atoms with Crippen LogP contribution in [0, 0.1) is 0 Å². The van der Waals surface area contributed by atoms with E-state index in [2.05, 4.69) is 10.2 Å². The van der Waals surface area contributed by atoms with Gasteiger partial charge in [0.1, 0.15) is 5.82 Å². The molecule has 0 N–H and O–H groups in total. The Kier molecular flexibility index (Phi) is 3.33. The van der Waals surface area contributed by atoms with E-state index in [1.165, 1.54) is 12.1 Å². The van der Waals surface area contributed by atoms with E-state index in [0.29, 0.717) is 16.5 Å². The van der Waals surface area contributed by atoms with Gasteiger partial charge in [-0.25, -0.2) is 0 Å². The minimum atomic E-state index is -4.39. The number of benzene rings is 1. The molecule has 0 aliphatic carbocycles. The van der Waals surface area contributed by atoms with Crippen molar-refractivity contribution in [2.45, 2.75) is 12.6 Å². The zero-order valence-electron chi connectivity index (χ0n) is 10.6. The summed E-state index contributed by atoms with van der Waals surface area (Å²) in [6.45, 7) is 0. The van der Waals surface area contributed by atoms with Gasteiger partial charge in [0.15, 0.2) is 5.65 Å². The Labute approximate surface area is 123 Å². The van der Waals surface area contributed by atoms with Crippen LogP contribution in [-0.4, -0.2) is 14.6 Å². The predicted octanol–water partition coefficient (Wildman–Crippen LogP) is 3.99. The van der Waals surface area contributed by atoms with E-state index in [-0.39, 0.29) is 12.0 Å². The molecular weight excluding hydrogens is 303 g/mol. The summed E-state index contributed by atoms with van der Waals surface area (Å²) in [7, 11) is 0. The number of pyridine rings is 1. The summed E-state index contributed by atoms with van der Waals surface area (Å²) < 4.78 is 40.6. The smallest absolute Gasteiger partial charge is 0.285 e. The Bertz CT molecular complexity index is 796. The van der Waals surface area contributed by atoms with Gasteiger partial charge < -0.3 is 0 Å². The number of fused-ring (bicyclic) bond motifs is 1. The maximum absolute atomic E-state index is 13.0. The molecule has 0 aliphatic rings. The molecule has 3 aromatic rings. The Balaban J connectivity index is 2.06. The molecule has 0 atom stereocenters. The molecule has 0 radical (unpaired) electrons. The quantitative estimate of drug-likeness (QED) is 0.716. The van der Waals surface area contributed by atoms with Gasteiger partial charge in [0.2, 0.25) is 0 Å². The zero-order chi connectivity index (χ0) is 15.0. The number of hydrogen-bond acceptors (Lipinski definition) is 2. The van der Waals surface area contributed by atoms with E-state index in [9.17, 15) is 13.2 Å². The van der Waals surface area contributed by atoms with Gasteiger partial charge in [0.05, 0.1) is 10.6 Å². The molecule has 0 saturated heterocycles. The maximum Gasteiger partial charge on any atom is 0.416 e. The molecule has 0 saturated carbocycles. The van der Waals surface area contributed by atoms with Crippen molar-refractivity contribution in [2.75, 3.05) is 0 Å². The lowest BCUT2D eigenvalue weighted by Crippen LogP contribution is -2.10. The molecule has 2 aromatic heterocycles. The number of halogens is 4. The van der Waals surface area contributed by atoms with Crippen LogP contribution in [0.15, 0.2) is 42.6 Å². The first-order valence-corrected chi connectivity index (χ1v) is 6.48. The van der Waals surface area contributed by atoms with Gasteiger partial charge in [-0.15, -0.1) is 10.2 Å². The largest absolute Gasteiger partial charge is 0.416 e. The summed E-state index contributed by atoms with van der Waals surface area (Å²) in [6, 6.07) is 8.78. The summed E-state index contributed by atoms with van der Waals surface area (Å²) in [5, 5.41) is 8.24. The second kappa shape index (κ2) is 5.04. The standard InChI is InChI=1S/C14H9ClF3N3/c15-11-6-3-7-21-12(19-20-13(11)21)8-9-4-1-2-5-10(9)14(16,17)18/h1-7H,8H2. The van der Waals surface area contributed by atoms with Gasteiger partial charge in [0, 0.05) is 12.6 Å². The summed E-state index contributed by atoms with van der Waals surface area (Å²) in [5.74, 6) is 0.407. The van der Waals surface area contributed by atoms with E-state index >= 15 is 0 Å². The minimum absolute atomic E-state index is 0.0250. The molecule has 0 spiro atoms. The second-order valence-corrected chi connectivity index (χ2v) is 4.90. The number of alkyl halides is 3. The fourth-order valence-corrected chi connectivity index (χ4v) is 2.37. The highest BCUT2D eigenvalue weighted by molar-refractivity contribution is 6.33. The predicted molar refractivity (Wildman–Crippen MR) is 72.2 cm³/mol. The molecule has 0 bridgehead atoms. The Hall–Kier alpha value is -2.08. The Morgan fingerprint density at radius 3 is 2.57 bits per heavy atom. The van der Waals surface area contributed by atoms with E-state index in [0.717, 1.165) is 6.07 Å².